The molecule has 2 aromatic rings. The van der Waals surface area contributed by atoms with Crippen molar-refractivity contribution in [2.24, 2.45) is 0 Å². The Morgan fingerprint density at radius 1 is 1.28 bits per heavy atom. The first kappa shape index (κ1) is 11.1. The highest BCUT2D eigenvalue weighted by atomic mass is 16.5. The second-order valence-electron chi connectivity index (χ2n) is 4.57. The molecule has 0 radical (unpaired) electrons. The van der Waals surface area contributed by atoms with Gasteiger partial charge in [-0.05, 0) is 30.6 Å². The number of ether oxygens (including phenoxy) is 1. The number of rotatable bonds is 2. The molecule has 3 heteroatoms. The number of H-pyrrole nitrogens is 1. The van der Waals surface area contributed by atoms with E-state index in [-0.39, 0.29) is 5.78 Å². The summed E-state index contributed by atoms with van der Waals surface area (Å²) in [5.74, 6) is 1.06. The van der Waals surface area contributed by atoms with Crippen molar-refractivity contribution in [1.29, 1.82) is 0 Å². The highest BCUT2D eigenvalue weighted by Gasteiger charge is 2.15. The Balaban J connectivity index is 2.16. The summed E-state index contributed by atoms with van der Waals surface area (Å²) >= 11 is 0. The van der Waals surface area contributed by atoms with Gasteiger partial charge in [0.05, 0.1) is 12.6 Å². The van der Waals surface area contributed by atoms with Gasteiger partial charge >= 0.3 is 0 Å². The zero-order valence-electron chi connectivity index (χ0n) is 10.3. The van der Waals surface area contributed by atoms with Crippen molar-refractivity contribution in [3.05, 3.63) is 36.0 Å². The third kappa shape index (κ3) is 1.72. The number of ketones is 1. The van der Waals surface area contributed by atoms with Gasteiger partial charge in [0, 0.05) is 23.6 Å². The Hall–Kier alpha value is -2.03. The van der Waals surface area contributed by atoms with E-state index in [9.17, 15) is 4.79 Å². The fourth-order valence-corrected chi connectivity index (χ4v) is 2.57. The van der Waals surface area contributed by atoms with Crippen molar-refractivity contribution in [2.75, 3.05) is 7.11 Å². The van der Waals surface area contributed by atoms with Crippen molar-refractivity contribution in [3.63, 3.8) is 0 Å². The molecule has 18 heavy (non-hydrogen) atoms. The normalized spacial score (nSPS) is 15.8. The molecule has 0 atom stereocenters. The number of aromatic amines is 1. The highest BCUT2D eigenvalue weighted by Crippen LogP contribution is 2.34. The number of fused-ring (bicyclic) bond motifs is 1. The molecule has 0 unspecified atom stereocenters. The minimum atomic E-state index is 0.230. The smallest absolute Gasteiger partial charge is 0.155 e. The summed E-state index contributed by atoms with van der Waals surface area (Å²) in [6, 6.07) is 5.97. The molecular weight excluding hydrogens is 226 g/mol. The number of hydrogen-bond acceptors (Lipinski definition) is 2. The van der Waals surface area contributed by atoms with E-state index >= 15 is 0 Å². The molecule has 1 aromatic heterocycles. The SMILES string of the molecule is COc1cccc2c(C3=CC(=O)CCC3)c[nH]c12. The van der Waals surface area contributed by atoms with E-state index in [4.69, 9.17) is 4.74 Å². The van der Waals surface area contributed by atoms with E-state index in [1.165, 1.54) is 0 Å². The number of hydrogen-bond donors (Lipinski definition) is 1. The fraction of sp³-hybridized carbons (Fsp3) is 0.267. The molecule has 0 fully saturated rings. The second-order valence-corrected chi connectivity index (χ2v) is 4.57. The monoisotopic (exact) mass is 241 g/mol. The van der Waals surface area contributed by atoms with E-state index in [0.717, 1.165) is 40.6 Å². The Kier molecular flexibility index (Phi) is 2.67. The van der Waals surface area contributed by atoms with Crippen LogP contribution >= 0.6 is 0 Å². The lowest BCUT2D eigenvalue weighted by Gasteiger charge is -2.11. The molecule has 0 spiro atoms. The summed E-state index contributed by atoms with van der Waals surface area (Å²) in [6.07, 6.45) is 6.34. The average molecular weight is 241 g/mol. The maximum Gasteiger partial charge on any atom is 0.155 e. The van der Waals surface area contributed by atoms with Crippen molar-refractivity contribution < 1.29 is 9.53 Å². The largest absolute Gasteiger partial charge is 0.495 e. The van der Waals surface area contributed by atoms with E-state index < -0.39 is 0 Å². The molecule has 3 nitrogen and oxygen atoms in total. The minimum Gasteiger partial charge on any atom is -0.495 e. The van der Waals surface area contributed by atoms with E-state index in [0.29, 0.717) is 6.42 Å². The third-order valence-corrected chi connectivity index (χ3v) is 3.45. The Morgan fingerprint density at radius 2 is 2.17 bits per heavy atom. The molecule has 0 saturated heterocycles. The van der Waals surface area contributed by atoms with E-state index in [2.05, 4.69) is 11.1 Å². The number of para-hydroxylation sites is 1. The van der Waals surface area contributed by atoms with Crippen molar-refractivity contribution >= 4 is 22.3 Å². The van der Waals surface area contributed by atoms with Gasteiger partial charge in [0.2, 0.25) is 0 Å². The summed E-state index contributed by atoms with van der Waals surface area (Å²) in [5, 5.41) is 1.12. The number of carbonyl (C=O) groups excluding carboxylic acids is 1. The second kappa shape index (κ2) is 4.33. The summed E-state index contributed by atoms with van der Waals surface area (Å²) < 4.78 is 5.33. The Morgan fingerprint density at radius 3 is 2.94 bits per heavy atom. The predicted molar refractivity (Wildman–Crippen MR) is 71.7 cm³/mol. The summed E-state index contributed by atoms with van der Waals surface area (Å²) in [6.45, 7) is 0. The highest BCUT2D eigenvalue weighted by molar-refractivity contribution is 6.03. The standard InChI is InChI=1S/C15H15NO2/c1-18-14-7-3-6-12-13(9-16-15(12)14)10-4-2-5-11(17)8-10/h3,6-9,16H,2,4-5H2,1H3. The van der Waals surface area contributed by atoms with E-state index in [1.54, 1.807) is 13.2 Å². The molecule has 0 amide bonds. The number of aromatic nitrogens is 1. The van der Waals surface area contributed by atoms with Crippen LogP contribution in [0.25, 0.3) is 16.5 Å². The molecule has 92 valence electrons. The lowest BCUT2D eigenvalue weighted by atomic mass is 9.93. The molecule has 0 aliphatic heterocycles. The van der Waals surface area contributed by atoms with Gasteiger partial charge in [-0.15, -0.1) is 0 Å². The summed E-state index contributed by atoms with van der Waals surface area (Å²) in [4.78, 5) is 14.8. The van der Waals surface area contributed by atoms with Gasteiger partial charge in [0.15, 0.2) is 5.78 Å². The number of nitrogens with one attached hydrogen (secondary N) is 1. The minimum absolute atomic E-state index is 0.230. The molecular formula is C15H15NO2. The number of allylic oxidation sites excluding steroid dienone is 2. The van der Waals surface area contributed by atoms with Crippen LogP contribution in [0.2, 0.25) is 0 Å². The van der Waals surface area contributed by atoms with Gasteiger partial charge < -0.3 is 9.72 Å². The van der Waals surface area contributed by atoms with Gasteiger partial charge in [-0.1, -0.05) is 12.1 Å². The number of benzene rings is 1. The first-order valence-electron chi connectivity index (χ1n) is 6.17. The molecule has 1 heterocycles. The topological polar surface area (TPSA) is 42.1 Å². The van der Waals surface area contributed by atoms with Crippen LogP contribution in [0.5, 0.6) is 5.75 Å². The van der Waals surface area contributed by atoms with Crippen LogP contribution in [-0.2, 0) is 4.79 Å². The van der Waals surface area contributed by atoms with Gasteiger partial charge in [0.25, 0.3) is 0 Å². The number of carbonyl (C=O) groups is 1. The van der Waals surface area contributed by atoms with Gasteiger partial charge in [-0.2, -0.15) is 0 Å². The van der Waals surface area contributed by atoms with Gasteiger partial charge in [-0.3, -0.25) is 4.79 Å². The predicted octanol–water partition coefficient (Wildman–Crippen LogP) is 3.31. The lowest BCUT2D eigenvalue weighted by Crippen LogP contribution is -2.01. The van der Waals surface area contributed by atoms with Crippen molar-refractivity contribution in [2.45, 2.75) is 19.3 Å². The maximum atomic E-state index is 11.5. The van der Waals surface area contributed by atoms with Gasteiger partial charge in [-0.25, -0.2) is 0 Å². The van der Waals surface area contributed by atoms with Crippen LogP contribution in [0.15, 0.2) is 30.5 Å². The molecule has 1 aromatic carbocycles. The molecule has 0 saturated carbocycles. The maximum absolute atomic E-state index is 11.5. The van der Waals surface area contributed by atoms with Crippen LogP contribution < -0.4 is 4.74 Å². The van der Waals surface area contributed by atoms with Crippen LogP contribution in [0.1, 0.15) is 24.8 Å². The number of methoxy groups -OCH3 is 1. The average Bonchev–Trinajstić information content (AvgIpc) is 2.82. The fourth-order valence-electron chi connectivity index (χ4n) is 2.57. The third-order valence-electron chi connectivity index (χ3n) is 3.45. The Labute approximate surface area is 105 Å². The zero-order chi connectivity index (χ0) is 12.5. The molecule has 1 aliphatic rings. The quantitative estimate of drug-likeness (QED) is 0.876. The summed E-state index contributed by atoms with van der Waals surface area (Å²) in [5.41, 5.74) is 3.25. The molecule has 0 bridgehead atoms. The molecule has 3 rings (SSSR count). The van der Waals surface area contributed by atoms with Gasteiger partial charge in [0.1, 0.15) is 5.75 Å². The zero-order valence-corrected chi connectivity index (χ0v) is 10.3. The molecule has 1 aliphatic carbocycles. The van der Waals surface area contributed by atoms with Crippen LogP contribution in [0.3, 0.4) is 0 Å². The van der Waals surface area contributed by atoms with E-state index in [1.807, 2.05) is 18.3 Å². The molecule has 1 N–H and O–H groups in total. The summed E-state index contributed by atoms with van der Waals surface area (Å²) in [7, 11) is 1.67. The van der Waals surface area contributed by atoms with Crippen LogP contribution in [-0.4, -0.2) is 17.9 Å². The van der Waals surface area contributed by atoms with Crippen LogP contribution in [0, 0.1) is 0 Å². The first-order valence-corrected chi connectivity index (χ1v) is 6.17. The Bertz CT molecular complexity index is 637. The van der Waals surface area contributed by atoms with Crippen LogP contribution in [0.4, 0.5) is 0 Å². The van der Waals surface area contributed by atoms with Crippen molar-refractivity contribution in [1.82, 2.24) is 4.98 Å². The lowest BCUT2D eigenvalue weighted by molar-refractivity contribution is -0.114. The van der Waals surface area contributed by atoms with Crippen molar-refractivity contribution in [3.8, 4) is 5.75 Å². The first-order chi connectivity index (χ1) is 8.79.